The molecular formula is C12H14N2O2S. The third-order valence-electron chi connectivity index (χ3n) is 2.69. The molecule has 0 fully saturated rings. The highest BCUT2D eigenvalue weighted by Gasteiger charge is 2.18. The van der Waals surface area contributed by atoms with Gasteiger partial charge in [-0.1, -0.05) is 17.7 Å². The Morgan fingerprint density at radius 2 is 1.65 bits per heavy atom. The summed E-state index contributed by atoms with van der Waals surface area (Å²) < 4.78 is 25.5. The number of nitrogens with zero attached hydrogens (tertiary/aromatic N) is 2. The normalized spacial score (nSPS) is 11.7. The molecule has 90 valence electrons. The van der Waals surface area contributed by atoms with Gasteiger partial charge in [-0.15, -0.1) is 0 Å². The molecule has 0 amide bonds. The van der Waals surface area contributed by atoms with Gasteiger partial charge < -0.3 is 0 Å². The molecule has 1 heterocycles. The van der Waals surface area contributed by atoms with E-state index >= 15 is 0 Å². The van der Waals surface area contributed by atoms with Crippen LogP contribution < -0.4 is 0 Å². The van der Waals surface area contributed by atoms with Crippen molar-refractivity contribution < 1.29 is 8.42 Å². The molecule has 2 rings (SSSR count). The van der Waals surface area contributed by atoms with Gasteiger partial charge in [0.1, 0.15) is 0 Å². The molecule has 2 aromatic rings. The molecular weight excluding hydrogens is 236 g/mol. The van der Waals surface area contributed by atoms with E-state index in [1.165, 1.54) is 6.20 Å². The standard InChI is InChI=1S/C12H14N2O2S/c1-9-4-6-12(7-5-9)17(15,16)14-8-10(2)11(3)13-14/h4-8H,1-3H3. The Kier molecular flexibility index (Phi) is 2.79. The van der Waals surface area contributed by atoms with Crippen molar-refractivity contribution in [3.05, 3.63) is 47.3 Å². The van der Waals surface area contributed by atoms with Crippen LogP contribution in [-0.2, 0) is 10.0 Å². The second-order valence-corrected chi connectivity index (χ2v) is 5.88. The monoisotopic (exact) mass is 250 g/mol. The molecule has 0 spiro atoms. The number of rotatable bonds is 2. The third-order valence-corrected chi connectivity index (χ3v) is 4.24. The summed E-state index contributed by atoms with van der Waals surface area (Å²) in [6.07, 6.45) is 1.53. The van der Waals surface area contributed by atoms with Crippen molar-refractivity contribution in [2.45, 2.75) is 25.7 Å². The molecule has 0 unspecified atom stereocenters. The van der Waals surface area contributed by atoms with Crippen LogP contribution in [0, 0.1) is 20.8 Å². The summed E-state index contributed by atoms with van der Waals surface area (Å²) in [4.78, 5) is 0.255. The van der Waals surface area contributed by atoms with Crippen LogP contribution in [0.1, 0.15) is 16.8 Å². The topological polar surface area (TPSA) is 52.0 Å². The van der Waals surface area contributed by atoms with Crippen molar-refractivity contribution in [3.63, 3.8) is 0 Å². The molecule has 0 radical (unpaired) electrons. The fraction of sp³-hybridized carbons (Fsp3) is 0.250. The van der Waals surface area contributed by atoms with Gasteiger partial charge in [0.25, 0.3) is 10.0 Å². The number of hydrogen-bond acceptors (Lipinski definition) is 3. The maximum Gasteiger partial charge on any atom is 0.282 e. The number of benzene rings is 1. The van der Waals surface area contributed by atoms with E-state index in [-0.39, 0.29) is 4.90 Å². The molecule has 4 nitrogen and oxygen atoms in total. The first-order valence-electron chi connectivity index (χ1n) is 5.26. The van der Waals surface area contributed by atoms with Gasteiger partial charge in [0.05, 0.1) is 10.6 Å². The Morgan fingerprint density at radius 3 is 2.12 bits per heavy atom. The maximum atomic E-state index is 12.2. The summed E-state index contributed by atoms with van der Waals surface area (Å²) in [5.74, 6) is 0. The Balaban J connectivity index is 2.53. The van der Waals surface area contributed by atoms with Crippen LogP contribution in [0.3, 0.4) is 0 Å². The van der Waals surface area contributed by atoms with E-state index in [4.69, 9.17) is 0 Å². The van der Waals surface area contributed by atoms with Crippen LogP contribution in [0.4, 0.5) is 0 Å². The lowest BCUT2D eigenvalue weighted by atomic mass is 10.2. The molecule has 0 aliphatic rings. The first-order valence-corrected chi connectivity index (χ1v) is 6.70. The zero-order chi connectivity index (χ0) is 12.6. The predicted octanol–water partition coefficient (Wildman–Crippen LogP) is 2.05. The molecule has 0 saturated carbocycles. The smallest absolute Gasteiger partial charge is 0.199 e. The molecule has 0 saturated heterocycles. The Bertz CT molecular complexity index is 620. The first-order chi connectivity index (χ1) is 7.91. The van der Waals surface area contributed by atoms with Gasteiger partial charge in [-0.2, -0.15) is 17.6 Å². The highest BCUT2D eigenvalue weighted by atomic mass is 32.2. The van der Waals surface area contributed by atoms with Crippen LogP contribution in [0.15, 0.2) is 35.4 Å². The minimum atomic E-state index is -3.55. The Morgan fingerprint density at radius 1 is 1.06 bits per heavy atom. The molecule has 0 bridgehead atoms. The van der Waals surface area contributed by atoms with Gasteiger partial charge in [-0.25, -0.2) is 0 Å². The van der Waals surface area contributed by atoms with Crippen LogP contribution in [0.2, 0.25) is 0 Å². The fourth-order valence-corrected chi connectivity index (χ4v) is 2.68. The van der Waals surface area contributed by atoms with Gasteiger partial charge in [-0.05, 0) is 38.5 Å². The van der Waals surface area contributed by atoms with Crippen LogP contribution >= 0.6 is 0 Å². The quantitative estimate of drug-likeness (QED) is 0.819. The summed E-state index contributed by atoms with van der Waals surface area (Å²) in [6.45, 7) is 5.54. The summed E-state index contributed by atoms with van der Waals surface area (Å²) >= 11 is 0. The van der Waals surface area contributed by atoms with E-state index in [9.17, 15) is 8.42 Å². The Labute approximate surface area is 101 Å². The van der Waals surface area contributed by atoms with E-state index in [0.29, 0.717) is 0 Å². The van der Waals surface area contributed by atoms with Gasteiger partial charge in [0.2, 0.25) is 0 Å². The van der Waals surface area contributed by atoms with E-state index in [2.05, 4.69) is 5.10 Å². The maximum absolute atomic E-state index is 12.2. The Hall–Kier alpha value is -1.62. The van der Waals surface area contributed by atoms with Crippen LogP contribution in [0.25, 0.3) is 0 Å². The lowest BCUT2D eigenvalue weighted by Gasteiger charge is -2.04. The predicted molar refractivity (Wildman–Crippen MR) is 65.5 cm³/mol. The average Bonchev–Trinajstić information content (AvgIpc) is 2.60. The fourth-order valence-electron chi connectivity index (χ4n) is 1.46. The lowest BCUT2D eigenvalue weighted by Crippen LogP contribution is -2.13. The van der Waals surface area contributed by atoms with E-state index < -0.39 is 10.0 Å². The number of aryl methyl sites for hydroxylation is 3. The van der Waals surface area contributed by atoms with Crippen molar-refractivity contribution in [2.24, 2.45) is 0 Å². The van der Waals surface area contributed by atoms with Crippen molar-refractivity contribution in [3.8, 4) is 0 Å². The molecule has 1 aromatic heterocycles. The van der Waals surface area contributed by atoms with Gasteiger partial charge in [0.15, 0.2) is 0 Å². The summed E-state index contributed by atoms with van der Waals surface area (Å²) in [5, 5.41) is 4.01. The van der Waals surface area contributed by atoms with Crippen LogP contribution in [-0.4, -0.2) is 17.6 Å². The highest BCUT2D eigenvalue weighted by molar-refractivity contribution is 7.89. The zero-order valence-corrected chi connectivity index (χ0v) is 10.8. The van der Waals surface area contributed by atoms with E-state index in [1.54, 1.807) is 31.2 Å². The summed E-state index contributed by atoms with van der Waals surface area (Å²) in [7, 11) is -3.55. The molecule has 5 heteroatoms. The minimum Gasteiger partial charge on any atom is -0.199 e. The zero-order valence-electron chi connectivity index (χ0n) is 10.0. The molecule has 0 atom stereocenters. The molecule has 0 aliphatic carbocycles. The van der Waals surface area contributed by atoms with Gasteiger partial charge >= 0.3 is 0 Å². The minimum absolute atomic E-state index is 0.255. The highest BCUT2D eigenvalue weighted by Crippen LogP contribution is 2.15. The van der Waals surface area contributed by atoms with Crippen molar-refractivity contribution in [1.82, 2.24) is 9.19 Å². The van der Waals surface area contributed by atoms with Crippen molar-refractivity contribution >= 4 is 10.0 Å². The molecule has 17 heavy (non-hydrogen) atoms. The second-order valence-electron chi connectivity index (χ2n) is 4.09. The number of hydrogen-bond donors (Lipinski definition) is 0. The first kappa shape index (κ1) is 11.9. The summed E-state index contributed by atoms with van der Waals surface area (Å²) in [6, 6.07) is 6.74. The van der Waals surface area contributed by atoms with Crippen molar-refractivity contribution in [2.75, 3.05) is 0 Å². The van der Waals surface area contributed by atoms with Crippen molar-refractivity contribution in [1.29, 1.82) is 0 Å². The third kappa shape index (κ3) is 2.10. The molecule has 0 N–H and O–H groups in total. The second kappa shape index (κ2) is 4.00. The lowest BCUT2D eigenvalue weighted by molar-refractivity contribution is 0.579. The average molecular weight is 250 g/mol. The van der Waals surface area contributed by atoms with Gasteiger partial charge in [0, 0.05) is 6.20 Å². The van der Waals surface area contributed by atoms with E-state index in [1.807, 2.05) is 13.8 Å². The van der Waals surface area contributed by atoms with Gasteiger partial charge in [-0.3, -0.25) is 0 Å². The summed E-state index contributed by atoms with van der Waals surface area (Å²) in [5.41, 5.74) is 2.61. The molecule has 0 aliphatic heterocycles. The van der Waals surface area contributed by atoms with E-state index in [0.717, 1.165) is 20.9 Å². The molecule has 1 aromatic carbocycles. The largest absolute Gasteiger partial charge is 0.282 e. The van der Waals surface area contributed by atoms with Crippen LogP contribution in [0.5, 0.6) is 0 Å². The number of aromatic nitrogens is 2. The SMILES string of the molecule is Cc1ccc(S(=O)(=O)n2cc(C)c(C)n2)cc1.